The van der Waals surface area contributed by atoms with Crippen molar-refractivity contribution in [3.05, 3.63) is 0 Å². The quantitative estimate of drug-likeness (QED) is 0.667. The zero-order valence-corrected chi connectivity index (χ0v) is 14.6. The summed E-state index contributed by atoms with van der Waals surface area (Å²) in [5.74, 6) is 0. The van der Waals surface area contributed by atoms with E-state index < -0.39 is 11.2 Å². The molecule has 6 nitrogen and oxygen atoms in total. The molecule has 0 aromatic carbocycles. The number of hydrogen-bond donors (Lipinski definition) is 3. The molecule has 0 radical (unpaired) electrons. The van der Waals surface area contributed by atoms with E-state index in [4.69, 9.17) is 9.47 Å². The monoisotopic (exact) mass is 316 g/mol. The lowest BCUT2D eigenvalue weighted by Crippen LogP contribution is -2.43. The number of carbonyl (C=O) groups excluding carboxylic acids is 1. The van der Waals surface area contributed by atoms with Crippen molar-refractivity contribution in [2.24, 2.45) is 0 Å². The Bertz CT molecular complexity index is 353. The molecule has 1 fully saturated rings. The van der Waals surface area contributed by atoms with Gasteiger partial charge in [0.1, 0.15) is 5.60 Å². The van der Waals surface area contributed by atoms with Gasteiger partial charge >= 0.3 is 6.09 Å². The first kappa shape index (κ1) is 19.2. The highest BCUT2D eigenvalue weighted by molar-refractivity contribution is 5.68. The lowest BCUT2D eigenvalue weighted by atomic mass is 10.0. The molecular formula is C16H32N2O4. The van der Waals surface area contributed by atoms with E-state index in [2.05, 4.69) is 10.6 Å². The number of aliphatic hydroxyl groups is 1. The number of ether oxygens (including phenoxy) is 2. The summed E-state index contributed by atoms with van der Waals surface area (Å²) in [5.41, 5.74) is -1.24. The minimum atomic E-state index is -0.771. The Morgan fingerprint density at radius 2 is 1.86 bits per heavy atom. The number of carbonyl (C=O) groups is 1. The molecule has 0 aromatic rings. The van der Waals surface area contributed by atoms with Gasteiger partial charge in [0.2, 0.25) is 0 Å². The van der Waals surface area contributed by atoms with Crippen LogP contribution in [0.25, 0.3) is 0 Å². The summed E-state index contributed by atoms with van der Waals surface area (Å²) in [6.45, 7) is 8.45. The Morgan fingerprint density at radius 1 is 1.23 bits per heavy atom. The summed E-state index contributed by atoms with van der Waals surface area (Å²) >= 11 is 0. The molecule has 1 rings (SSSR count). The van der Waals surface area contributed by atoms with E-state index in [-0.39, 0.29) is 12.1 Å². The topological polar surface area (TPSA) is 79.8 Å². The summed E-state index contributed by atoms with van der Waals surface area (Å²) in [6, 6.07) is 0.449. The van der Waals surface area contributed by atoms with Crippen molar-refractivity contribution in [2.75, 3.05) is 20.3 Å². The molecule has 3 atom stereocenters. The first-order chi connectivity index (χ1) is 10.1. The summed E-state index contributed by atoms with van der Waals surface area (Å²) in [7, 11) is 1.63. The molecule has 0 spiro atoms. The molecule has 1 aliphatic rings. The molecule has 1 amide bonds. The van der Waals surface area contributed by atoms with Gasteiger partial charge < -0.3 is 25.2 Å². The van der Waals surface area contributed by atoms with Gasteiger partial charge in [0, 0.05) is 38.8 Å². The fourth-order valence-corrected chi connectivity index (χ4v) is 2.55. The SMILES string of the molecule is COCCC(C)(O)CNC1CCC(NC(=O)OC(C)(C)C)C1. The molecule has 130 valence electrons. The number of rotatable bonds is 7. The van der Waals surface area contributed by atoms with Crippen molar-refractivity contribution in [3.8, 4) is 0 Å². The van der Waals surface area contributed by atoms with Crippen molar-refractivity contribution in [2.45, 2.75) is 76.7 Å². The van der Waals surface area contributed by atoms with E-state index >= 15 is 0 Å². The van der Waals surface area contributed by atoms with Gasteiger partial charge in [-0.05, 0) is 47.0 Å². The number of hydrogen-bond acceptors (Lipinski definition) is 5. The molecule has 0 saturated heterocycles. The maximum Gasteiger partial charge on any atom is 0.407 e. The summed E-state index contributed by atoms with van der Waals surface area (Å²) < 4.78 is 10.3. The van der Waals surface area contributed by atoms with Gasteiger partial charge in [-0.3, -0.25) is 0 Å². The van der Waals surface area contributed by atoms with Gasteiger partial charge in [-0.15, -0.1) is 0 Å². The minimum absolute atomic E-state index is 0.135. The van der Waals surface area contributed by atoms with Gasteiger partial charge in [-0.1, -0.05) is 0 Å². The zero-order valence-electron chi connectivity index (χ0n) is 14.6. The molecule has 3 N–H and O–H groups in total. The molecule has 0 aliphatic heterocycles. The lowest BCUT2D eigenvalue weighted by molar-refractivity contribution is 0.0227. The number of nitrogens with one attached hydrogen (secondary N) is 2. The molecular weight excluding hydrogens is 284 g/mol. The van der Waals surface area contributed by atoms with Gasteiger partial charge in [-0.2, -0.15) is 0 Å². The smallest absolute Gasteiger partial charge is 0.407 e. The zero-order chi connectivity index (χ0) is 16.8. The van der Waals surface area contributed by atoms with Crippen LogP contribution in [-0.2, 0) is 9.47 Å². The Kier molecular flexibility index (Phi) is 7.09. The van der Waals surface area contributed by atoms with Crippen LogP contribution in [0.1, 0.15) is 53.4 Å². The van der Waals surface area contributed by atoms with Crippen LogP contribution in [0.5, 0.6) is 0 Å². The van der Waals surface area contributed by atoms with E-state index in [0.717, 1.165) is 19.3 Å². The summed E-state index contributed by atoms with van der Waals surface area (Å²) in [5, 5.41) is 16.5. The Morgan fingerprint density at radius 3 is 2.45 bits per heavy atom. The highest BCUT2D eigenvalue weighted by atomic mass is 16.6. The van der Waals surface area contributed by atoms with Crippen LogP contribution >= 0.6 is 0 Å². The second kappa shape index (κ2) is 8.13. The second-order valence-corrected chi connectivity index (χ2v) is 7.47. The van der Waals surface area contributed by atoms with Crippen LogP contribution in [-0.4, -0.2) is 54.7 Å². The first-order valence-corrected chi connectivity index (χ1v) is 8.05. The Balaban J connectivity index is 2.27. The van der Waals surface area contributed by atoms with Gasteiger partial charge in [0.05, 0.1) is 5.60 Å². The van der Waals surface area contributed by atoms with Crippen LogP contribution in [0.15, 0.2) is 0 Å². The predicted octanol–water partition coefficient (Wildman–Crippen LogP) is 1.81. The third-order valence-corrected chi connectivity index (χ3v) is 3.77. The van der Waals surface area contributed by atoms with E-state index in [0.29, 0.717) is 25.6 Å². The number of methoxy groups -OCH3 is 1. The third kappa shape index (κ3) is 7.96. The van der Waals surface area contributed by atoms with E-state index in [1.807, 2.05) is 27.7 Å². The Labute approximate surface area is 133 Å². The molecule has 0 aromatic heterocycles. The van der Waals surface area contributed by atoms with E-state index in [9.17, 15) is 9.90 Å². The highest BCUT2D eigenvalue weighted by Gasteiger charge is 2.29. The summed E-state index contributed by atoms with van der Waals surface area (Å²) in [4.78, 5) is 11.7. The molecule has 1 saturated carbocycles. The number of alkyl carbamates (subject to hydrolysis) is 1. The van der Waals surface area contributed by atoms with Crippen molar-refractivity contribution < 1.29 is 19.4 Å². The predicted molar refractivity (Wildman–Crippen MR) is 85.9 cm³/mol. The van der Waals surface area contributed by atoms with Crippen LogP contribution in [0, 0.1) is 0 Å². The van der Waals surface area contributed by atoms with Crippen molar-refractivity contribution >= 4 is 6.09 Å². The highest BCUT2D eigenvalue weighted by Crippen LogP contribution is 2.21. The molecule has 6 heteroatoms. The molecule has 0 bridgehead atoms. The van der Waals surface area contributed by atoms with Crippen molar-refractivity contribution in [1.29, 1.82) is 0 Å². The van der Waals surface area contributed by atoms with Gasteiger partial charge in [0.25, 0.3) is 0 Å². The fraction of sp³-hybridized carbons (Fsp3) is 0.938. The third-order valence-electron chi connectivity index (χ3n) is 3.77. The largest absolute Gasteiger partial charge is 0.444 e. The molecule has 1 aliphatic carbocycles. The molecule has 3 unspecified atom stereocenters. The van der Waals surface area contributed by atoms with Crippen molar-refractivity contribution in [1.82, 2.24) is 10.6 Å². The summed E-state index contributed by atoms with van der Waals surface area (Å²) in [6.07, 6.45) is 3.02. The second-order valence-electron chi connectivity index (χ2n) is 7.47. The first-order valence-electron chi connectivity index (χ1n) is 8.05. The molecule has 0 heterocycles. The number of amides is 1. The fourth-order valence-electron chi connectivity index (χ4n) is 2.55. The maximum absolute atomic E-state index is 11.7. The standard InChI is InChI=1S/C16H32N2O4/c1-15(2,3)22-14(19)18-13-7-6-12(10-13)17-11-16(4,20)8-9-21-5/h12-13,17,20H,6-11H2,1-5H3,(H,18,19). The van der Waals surface area contributed by atoms with Gasteiger partial charge in [0.15, 0.2) is 0 Å². The normalized spacial score (nSPS) is 24.8. The van der Waals surface area contributed by atoms with Crippen LogP contribution < -0.4 is 10.6 Å². The average Bonchev–Trinajstić information content (AvgIpc) is 2.79. The minimum Gasteiger partial charge on any atom is -0.444 e. The van der Waals surface area contributed by atoms with Gasteiger partial charge in [-0.25, -0.2) is 4.79 Å². The Hall–Kier alpha value is -0.850. The van der Waals surface area contributed by atoms with E-state index in [1.165, 1.54) is 0 Å². The van der Waals surface area contributed by atoms with Crippen LogP contribution in [0.3, 0.4) is 0 Å². The average molecular weight is 316 g/mol. The molecule has 22 heavy (non-hydrogen) atoms. The van der Waals surface area contributed by atoms with Crippen LogP contribution in [0.4, 0.5) is 4.79 Å². The van der Waals surface area contributed by atoms with Crippen molar-refractivity contribution in [3.63, 3.8) is 0 Å². The maximum atomic E-state index is 11.7. The lowest BCUT2D eigenvalue weighted by Gasteiger charge is -2.26. The van der Waals surface area contributed by atoms with E-state index in [1.54, 1.807) is 7.11 Å². The van der Waals surface area contributed by atoms with Crippen LogP contribution in [0.2, 0.25) is 0 Å².